The van der Waals surface area contributed by atoms with E-state index in [9.17, 15) is 0 Å². The third-order valence-electron chi connectivity index (χ3n) is 1.61. The van der Waals surface area contributed by atoms with Crippen molar-refractivity contribution in [3.63, 3.8) is 0 Å². The van der Waals surface area contributed by atoms with Crippen LogP contribution in [0.2, 0.25) is 0 Å². The Bertz CT molecular complexity index is 128. The van der Waals surface area contributed by atoms with Crippen LogP contribution in [-0.4, -0.2) is 91.7 Å². The lowest BCUT2D eigenvalue weighted by Crippen LogP contribution is -2.46. The average Bonchev–Trinajstić information content (AvgIpc) is 2.34. The Morgan fingerprint density at radius 3 is 0.938 bits per heavy atom. The summed E-state index contributed by atoms with van der Waals surface area (Å²) in [7, 11) is 0. The molecule has 0 bridgehead atoms. The lowest BCUT2D eigenvalue weighted by atomic mass is 10.0. The Kier molecular flexibility index (Phi) is 12.6. The second-order valence-electron chi connectivity index (χ2n) is 2.93. The summed E-state index contributed by atoms with van der Waals surface area (Å²) < 4.78 is 0. The molecule has 0 aromatic carbocycles. The maximum Gasteiger partial charge on any atom is 0.111 e. The fraction of sp³-hybridized carbons (Fsp3) is 1.00. The SMILES string of the molecule is OCCO.OC[C@@H](O)[C@@H](O)[C@H](O)[C@H](O)CO. The van der Waals surface area contributed by atoms with Gasteiger partial charge in [-0.1, -0.05) is 0 Å². The maximum absolute atomic E-state index is 8.96. The minimum Gasteiger partial charge on any atom is -0.394 e. The predicted molar refractivity (Wildman–Crippen MR) is 52.4 cm³/mol. The zero-order valence-corrected chi connectivity index (χ0v) is 8.72. The summed E-state index contributed by atoms with van der Waals surface area (Å²) >= 11 is 0. The van der Waals surface area contributed by atoms with Gasteiger partial charge in [0.15, 0.2) is 0 Å². The molecule has 0 aromatic rings. The van der Waals surface area contributed by atoms with Crippen LogP contribution in [0.3, 0.4) is 0 Å². The van der Waals surface area contributed by atoms with Gasteiger partial charge in [-0.15, -0.1) is 0 Å². The zero-order chi connectivity index (χ0) is 13.1. The Morgan fingerprint density at radius 2 is 0.812 bits per heavy atom. The van der Waals surface area contributed by atoms with Gasteiger partial charge in [0.2, 0.25) is 0 Å². The Balaban J connectivity index is 0. The standard InChI is InChI=1S/C6H14O6.C2H6O2/c7-1-3(9)5(11)6(12)4(10)2-8;3-1-2-4/h3-12H,1-2H2;3-4H,1-2H2/t3-,4-,5-,6-;/m1./s1. The Hall–Kier alpha value is -0.320. The molecule has 0 aliphatic rings. The molecule has 0 radical (unpaired) electrons. The highest BCUT2D eigenvalue weighted by Crippen LogP contribution is 2.03. The highest BCUT2D eigenvalue weighted by atomic mass is 16.4. The lowest BCUT2D eigenvalue weighted by molar-refractivity contribution is -0.123. The van der Waals surface area contributed by atoms with E-state index in [1.165, 1.54) is 0 Å². The summed E-state index contributed by atoms with van der Waals surface area (Å²) in [6, 6.07) is 0. The maximum atomic E-state index is 8.96. The molecule has 0 aliphatic heterocycles. The van der Waals surface area contributed by atoms with Crippen molar-refractivity contribution >= 4 is 0 Å². The van der Waals surface area contributed by atoms with Crippen LogP contribution in [0.15, 0.2) is 0 Å². The molecule has 0 saturated carbocycles. The molecule has 0 fully saturated rings. The summed E-state index contributed by atoms with van der Waals surface area (Å²) in [6.45, 7) is -1.70. The molecule has 0 rings (SSSR count). The first-order valence-corrected chi connectivity index (χ1v) is 4.61. The molecule has 100 valence electrons. The number of aliphatic hydroxyl groups is 8. The third-order valence-corrected chi connectivity index (χ3v) is 1.61. The van der Waals surface area contributed by atoms with Crippen LogP contribution >= 0.6 is 0 Å². The first-order valence-electron chi connectivity index (χ1n) is 4.61. The topological polar surface area (TPSA) is 162 Å². The summed E-state index contributed by atoms with van der Waals surface area (Å²) in [6.07, 6.45) is -6.39. The summed E-state index contributed by atoms with van der Waals surface area (Å²) in [5.74, 6) is 0. The van der Waals surface area contributed by atoms with Gasteiger partial charge in [-0.2, -0.15) is 0 Å². The third kappa shape index (κ3) is 7.91. The van der Waals surface area contributed by atoms with Crippen molar-refractivity contribution in [2.24, 2.45) is 0 Å². The van der Waals surface area contributed by atoms with Crippen molar-refractivity contribution in [3.8, 4) is 0 Å². The van der Waals surface area contributed by atoms with Gasteiger partial charge in [0.05, 0.1) is 26.4 Å². The number of aliphatic hydroxyl groups excluding tert-OH is 8. The molecule has 4 atom stereocenters. The van der Waals surface area contributed by atoms with Crippen molar-refractivity contribution in [2.75, 3.05) is 26.4 Å². The molecule has 0 amide bonds. The van der Waals surface area contributed by atoms with E-state index in [1.807, 2.05) is 0 Å². The first kappa shape index (κ1) is 18.1. The molecule has 8 nitrogen and oxygen atoms in total. The molecule has 8 heteroatoms. The van der Waals surface area contributed by atoms with Gasteiger partial charge in [-0.3, -0.25) is 0 Å². The van der Waals surface area contributed by atoms with Crippen molar-refractivity contribution in [3.05, 3.63) is 0 Å². The van der Waals surface area contributed by atoms with Gasteiger partial charge in [0.1, 0.15) is 24.4 Å². The molecule has 0 spiro atoms. The van der Waals surface area contributed by atoms with Crippen LogP contribution < -0.4 is 0 Å². The van der Waals surface area contributed by atoms with Crippen LogP contribution in [-0.2, 0) is 0 Å². The van der Waals surface area contributed by atoms with Crippen molar-refractivity contribution in [2.45, 2.75) is 24.4 Å². The molecule has 0 aromatic heterocycles. The van der Waals surface area contributed by atoms with Crippen molar-refractivity contribution in [1.82, 2.24) is 0 Å². The van der Waals surface area contributed by atoms with Crippen LogP contribution in [0, 0.1) is 0 Å². The van der Waals surface area contributed by atoms with Crippen LogP contribution in [0.1, 0.15) is 0 Å². The summed E-state index contributed by atoms with van der Waals surface area (Å²) in [5, 5.41) is 67.4. The Morgan fingerprint density at radius 1 is 0.562 bits per heavy atom. The summed E-state index contributed by atoms with van der Waals surface area (Å²) in [4.78, 5) is 0. The van der Waals surface area contributed by atoms with Crippen molar-refractivity contribution < 1.29 is 40.9 Å². The molecule has 0 unspecified atom stereocenters. The quantitative estimate of drug-likeness (QED) is 0.231. The normalized spacial score (nSPS) is 18.0. The van der Waals surface area contributed by atoms with Gasteiger partial charge in [-0.25, -0.2) is 0 Å². The van der Waals surface area contributed by atoms with Gasteiger partial charge < -0.3 is 40.9 Å². The Labute approximate surface area is 92.7 Å². The number of hydrogen-bond donors (Lipinski definition) is 8. The average molecular weight is 244 g/mol. The largest absolute Gasteiger partial charge is 0.394 e. The monoisotopic (exact) mass is 244 g/mol. The van der Waals surface area contributed by atoms with Crippen LogP contribution in [0.5, 0.6) is 0 Å². The highest BCUT2D eigenvalue weighted by molar-refractivity contribution is 4.79. The molecule has 16 heavy (non-hydrogen) atoms. The lowest BCUT2D eigenvalue weighted by Gasteiger charge is -2.24. The van der Waals surface area contributed by atoms with Crippen molar-refractivity contribution in [1.29, 1.82) is 0 Å². The molecular formula is C8H20O8. The molecule has 8 N–H and O–H groups in total. The molecular weight excluding hydrogens is 224 g/mol. The van der Waals surface area contributed by atoms with E-state index in [-0.39, 0.29) is 13.2 Å². The van der Waals surface area contributed by atoms with E-state index in [0.29, 0.717) is 0 Å². The van der Waals surface area contributed by atoms with Gasteiger partial charge >= 0.3 is 0 Å². The zero-order valence-electron chi connectivity index (χ0n) is 8.72. The van der Waals surface area contributed by atoms with E-state index < -0.39 is 37.6 Å². The number of hydrogen-bond acceptors (Lipinski definition) is 8. The fourth-order valence-corrected chi connectivity index (χ4v) is 0.671. The first-order chi connectivity index (χ1) is 7.45. The smallest absolute Gasteiger partial charge is 0.111 e. The minimum atomic E-state index is -1.67. The van der Waals surface area contributed by atoms with Crippen LogP contribution in [0.4, 0.5) is 0 Å². The molecule has 0 heterocycles. The van der Waals surface area contributed by atoms with Crippen LogP contribution in [0.25, 0.3) is 0 Å². The van der Waals surface area contributed by atoms with E-state index in [1.54, 1.807) is 0 Å². The van der Waals surface area contributed by atoms with Gasteiger partial charge in [0.25, 0.3) is 0 Å². The van der Waals surface area contributed by atoms with E-state index in [2.05, 4.69) is 0 Å². The highest BCUT2D eigenvalue weighted by Gasteiger charge is 2.29. The fourth-order valence-electron chi connectivity index (χ4n) is 0.671. The second-order valence-corrected chi connectivity index (χ2v) is 2.93. The summed E-state index contributed by atoms with van der Waals surface area (Å²) in [5.41, 5.74) is 0. The minimum absolute atomic E-state index is 0.125. The van der Waals surface area contributed by atoms with E-state index >= 15 is 0 Å². The van der Waals surface area contributed by atoms with E-state index in [4.69, 9.17) is 40.9 Å². The molecule has 0 aliphatic carbocycles. The van der Waals surface area contributed by atoms with Gasteiger partial charge in [0, 0.05) is 0 Å². The predicted octanol–water partition coefficient (Wildman–Crippen LogP) is -4.61. The van der Waals surface area contributed by atoms with E-state index in [0.717, 1.165) is 0 Å². The second kappa shape index (κ2) is 11.2. The number of rotatable bonds is 6. The van der Waals surface area contributed by atoms with Gasteiger partial charge in [-0.05, 0) is 0 Å². The molecule has 0 saturated heterocycles.